The van der Waals surface area contributed by atoms with E-state index >= 15 is 0 Å². The molecule has 1 aliphatic heterocycles. The molecule has 0 aliphatic carbocycles. The van der Waals surface area contributed by atoms with E-state index in [9.17, 15) is 5.11 Å². The number of piperidine rings is 1. The van der Waals surface area contributed by atoms with Crippen molar-refractivity contribution in [3.05, 3.63) is 0 Å². The maximum atomic E-state index is 10.2. The van der Waals surface area contributed by atoms with Crippen LogP contribution >= 0.6 is 11.8 Å². The smallest absolute Gasteiger partial charge is 0.0761 e. The molecule has 1 aliphatic rings. The van der Waals surface area contributed by atoms with Gasteiger partial charge in [0, 0.05) is 5.75 Å². The molecule has 84 valence electrons. The quantitative estimate of drug-likeness (QED) is 0.737. The van der Waals surface area contributed by atoms with E-state index in [1.165, 1.54) is 12.2 Å². The first-order valence-corrected chi connectivity index (χ1v) is 6.82. The number of hydrogen-bond donors (Lipinski definition) is 2. The summed E-state index contributed by atoms with van der Waals surface area (Å²) in [5.41, 5.74) is -0.386. The van der Waals surface area contributed by atoms with Gasteiger partial charge >= 0.3 is 0 Å². The summed E-state index contributed by atoms with van der Waals surface area (Å²) < 4.78 is 0. The maximum Gasteiger partial charge on any atom is 0.0761 e. The Morgan fingerprint density at radius 3 is 2.64 bits per heavy atom. The van der Waals surface area contributed by atoms with E-state index in [-0.39, 0.29) is 5.60 Å². The molecule has 1 rings (SSSR count). The normalized spacial score (nSPS) is 23.4. The lowest BCUT2D eigenvalue weighted by molar-refractivity contribution is 0.0339. The van der Waals surface area contributed by atoms with Gasteiger partial charge in [0.15, 0.2) is 0 Å². The maximum absolute atomic E-state index is 10.2. The van der Waals surface area contributed by atoms with Crippen LogP contribution in [0.4, 0.5) is 0 Å². The number of aliphatic hydroxyl groups is 1. The van der Waals surface area contributed by atoms with Gasteiger partial charge in [0.2, 0.25) is 0 Å². The van der Waals surface area contributed by atoms with E-state index < -0.39 is 0 Å². The zero-order valence-electron chi connectivity index (χ0n) is 9.38. The fourth-order valence-electron chi connectivity index (χ4n) is 1.60. The van der Waals surface area contributed by atoms with Crippen LogP contribution in [-0.2, 0) is 0 Å². The van der Waals surface area contributed by atoms with Crippen molar-refractivity contribution in [1.82, 2.24) is 5.32 Å². The van der Waals surface area contributed by atoms with Gasteiger partial charge in [0.1, 0.15) is 0 Å². The highest BCUT2D eigenvalue weighted by atomic mass is 32.2. The Morgan fingerprint density at radius 2 is 2.07 bits per heavy atom. The molecule has 1 atom stereocenters. The molecule has 0 spiro atoms. The summed E-state index contributed by atoms with van der Waals surface area (Å²) in [5, 5.41) is 13.5. The molecule has 3 heteroatoms. The van der Waals surface area contributed by atoms with E-state index in [2.05, 4.69) is 19.2 Å². The standard InChI is InChI=1S/C11H23NOS/c1-3-10(2)8-14-9-11(13)4-6-12-7-5-11/h10,12-13H,3-9H2,1-2H3. The van der Waals surface area contributed by atoms with E-state index in [1.807, 2.05) is 11.8 Å². The van der Waals surface area contributed by atoms with Crippen LogP contribution in [0.25, 0.3) is 0 Å². The van der Waals surface area contributed by atoms with Crippen molar-refractivity contribution in [2.75, 3.05) is 24.6 Å². The summed E-state index contributed by atoms with van der Waals surface area (Å²) >= 11 is 1.91. The lowest BCUT2D eigenvalue weighted by Crippen LogP contribution is -2.43. The molecule has 14 heavy (non-hydrogen) atoms. The number of thioether (sulfide) groups is 1. The Hall–Kier alpha value is 0.270. The minimum Gasteiger partial charge on any atom is -0.389 e. The lowest BCUT2D eigenvalue weighted by atomic mass is 9.95. The summed E-state index contributed by atoms with van der Waals surface area (Å²) in [6.07, 6.45) is 3.08. The Labute approximate surface area is 91.9 Å². The van der Waals surface area contributed by atoms with Gasteiger partial charge in [-0.3, -0.25) is 0 Å². The van der Waals surface area contributed by atoms with Crippen LogP contribution in [0, 0.1) is 5.92 Å². The van der Waals surface area contributed by atoms with Crippen LogP contribution in [0.3, 0.4) is 0 Å². The van der Waals surface area contributed by atoms with E-state index in [0.29, 0.717) is 0 Å². The first-order valence-electron chi connectivity index (χ1n) is 5.67. The van der Waals surface area contributed by atoms with Gasteiger partial charge in [-0.05, 0) is 37.6 Å². The minimum absolute atomic E-state index is 0.386. The van der Waals surface area contributed by atoms with Crippen LogP contribution in [0.5, 0.6) is 0 Å². The zero-order chi connectivity index (χ0) is 10.4. The van der Waals surface area contributed by atoms with E-state index in [1.54, 1.807) is 0 Å². The van der Waals surface area contributed by atoms with Crippen LogP contribution in [0.1, 0.15) is 33.1 Å². The largest absolute Gasteiger partial charge is 0.389 e. The average Bonchev–Trinajstić information content (AvgIpc) is 2.18. The summed E-state index contributed by atoms with van der Waals surface area (Å²) in [5.74, 6) is 2.89. The molecule has 0 aromatic carbocycles. The average molecular weight is 217 g/mol. The molecule has 1 heterocycles. The highest BCUT2D eigenvalue weighted by Gasteiger charge is 2.28. The Bertz CT molecular complexity index is 157. The molecule has 0 bridgehead atoms. The number of nitrogens with one attached hydrogen (secondary N) is 1. The first kappa shape index (κ1) is 12.3. The molecule has 1 fully saturated rings. The van der Waals surface area contributed by atoms with Crippen molar-refractivity contribution in [3.63, 3.8) is 0 Å². The molecule has 0 amide bonds. The molecular weight excluding hydrogens is 194 g/mol. The van der Waals surface area contributed by atoms with Gasteiger partial charge in [-0.1, -0.05) is 20.3 Å². The number of hydrogen-bond acceptors (Lipinski definition) is 3. The molecule has 1 unspecified atom stereocenters. The van der Waals surface area contributed by atoms with Gasteiger partial charge in [-0.25, -0.2) is 0 Å². The fourth-order valence-corrected chi connectivity index (χ4v) is 3.03. The highest BCUT2D eigenvalue weighted by Crippen LogP contribution is 2.24. The second kappa shape index (κ2) is 5.99. The lowest BCUT2D eigenvalue weighted by Gasteiger charge is -2.32. The third kappa shape index (κ3) is 4.20. The minimum atomic E-state index is -0.386. The van der Waals surface area contributed by atoms with Crippen LogP contribution in [0.15, 0.2) is 0 Å². The topological polar surface area (TPSA) is 32.3 Å². The Morgan fingerprint density at radius 1 is 1.43 bits per heavy atom. The molecule has 0 aromatic rings. The fraction of sp³-hybridized carbons (Fsp3) is 1.00. The van der Waals surface area contributed by atoms with Gasteiger partial charge in [0.05, 0.1) is 5.60 Å². The summed E-state index contributed by atoms with van der Waals surface area (Å²) in [6.45, 7) is 6.45. The van der Waals surface area contributed by atoms with Gasteiger partial charge in [-0.2, -0.15) is 11.8 Å². The molecule has 0 radical (unpaired) electrons. The van der Waals surface area contributed by atoms with Crippen LogP contribution in [0.2, 0.25) is 0 Å². The Kier molecular flexibility index (Phi) is 5.28. The van der Waals surface area contributed by atoms with E-state index in [4.69, 9.17) is 0 Å². The predicted molar refractivity (Wildman–Crippen MR) is 63.8 cm³/mol. The monoisotopic (exact) mass is 217 g/mol. The van der Waals surface area contributed by atoms with Crippen molar-refractivity contribution in [2.45, 2.75) is 38.7 Å². The van der Waals surface area contributed by atoms with Gasteiger partial charge in [-0.15, -0.1) is 0 Å². The zero-order valence-corrected chi connectivity index (χ0v) is 10.2. The molecule has 1 saturated heterocycles. The van der Waals surface area contributed by atoms with Gasteiger partial charge < -0.3 is 10.4 Å². The predicted octanol–water partition coefficient (Wildman–Crippen LogP) is 1.88. The third-order valence-electron chi connectivity index (χ3n) is 3.00. The molecule has 0 aromatic heterocycles. The molecule has 0 saturated carbocycles. The first-order chi connectivity index (χ1) is 6.66. The number of rotatable bonds is 5. The third-order valence-corrected chi connectivity index (χ3v) is 4.55. The second-order valence-electron chi connectivity index (χ2n) is 4.50. The summed E-state index contributed by atoms with van der Waals surface area (Å²) in [6, 6.07) is 0. The molecule has 2 nitrogen and oxygen atoms in total. The summed E-state index contributed by atoms with van der Waals surface area (Å²) in [4.78, 5) is 0. The van der Waals surface area contributed by atoms with Crippen molar-refractivity contribution in [2.24, 2.45) is 5.92 Å². The van der Waals surface area contributed by atoms with Crippen LogP contribution in [-0.4, -0.2) is 35.3 Å². The van der Waals surface area contributed by atoms with Crippen molar-refractivity contribution in [1.29, 1.82) is 0 Å². The van der Waals surface area contributed by atoms with E-state index in [0.717, 1.165) is 37.6 Å². The van der Waals surface area contributed by atoms with Crippen molar-refractivity contribution in [3.8, 4) is 0 Å². The van der Waals surface area contributed by atoms with Crippen molar-refractivity contribution < 1.29 is 5.11 Å². The SMILES string of the molecule is CCC(C)CSCC1(O)CCNCC1. The van der Waals surface area contributed by atoms with Gasteiger partial charge in [0.25, 0.3) is 0 Å². The second-order valence-corrected chi connectivity index (χ2v) is 5.53. The summed E-state index contributed by atoms with van der Waals surface area (Å²) in [7, 11) is 0. The molecule has 2 N–H and O–H groups in total. The highest BCUT2D eigenvalue weighted by molar-refractivity contribution is 7.99. The van der Waals surface area contributed by atoms with Crippen molar-refractivity contribution >= 4 is 11.8 Å². The van der Waals surface area contributed by atoms with Crippen LogP contribution < -0.4 is 5.32 Å². The Balaban J connectivity index is 2.15. The molecular formula is C11H23NOS.